The topological polar surface area (TPSA) is 35.6 Å². The molecule has 2 fully saturated rings. The monoisotopic (exact) mass is 351 g/mol. The van der Waals surface area contributed by atoms with Gasteiger partial charge in [0.1, 0.15) is 0 Å². The third-order valence-electron chi connectivity index (χ3n) is 4.22. The van der Waals surface area contributed by atoms with Crippen molar-refractivity contribution in [2.75, 3.05) is 31.6 Å². The molecule has 2 aliphatic rings. The predicted molar refractivity (Wildman–Crippen MR) is 88.5 cm³/mol. The summed E-state index contributed by atoms with van der Waals surface area (Å²) in [5.41, 5.74) is 2.46. The van der Waals surface area contributed by atoms with Gasteiger partial charge in [0.05, 0.1) is 6.54 Å². The molecule has 4 nitrogen and oxygen atoms in total. The van der Waals surface area contributed by atoms with Crippen LogP contribution in [0.15, 0.2) is 22.7 Å². The Labute approximate surface area is 134 Å². The molecule has 0 bridgehead atoms. The van der Waals surface area contributed by atoms with Crippen LogP contribution in [0.3, 0.4) is 0 Å². The molecular formula is C16H22BrN3O. The minimum atomic E-state index is 0.202. The van der Waals surface area contributed by atoms with Gasteiger partial charge in [0.15, 0.2) is 0 Å². The van der Waals surface area contributed by atoms with Crippen molar-refractivity contribution in [2.45, 2.75) is 31.8 Å². The van der Waals surface area contributed by atoms with Crippen molar-refractivity contribution in [3.05, 3.63) is 28.2 Å². The van der Waals surface area contributed by atoms with E-state index in [9.17, 15) is 4.79 Å². The first-order chi connectivity index (χ1) is 10.1. The van der Waals surface area contributed by atoms with Crippen molar-refractivity contribution in [2.24, 2.45) is 0 Å². The number of carbonyl (C=O) groups excluding carboxylic acids is 1. The van der Waals surface area contributed by atoms with E-state index in [-0.39, 0.29) is 5.91 Å². The number of carbonyl (C=O) groups is 1. The number of benzene rings is 1. The summed E-state index contributed by atoms with van der Waals surface area (Å²) in [6.07, 6.45) is 3.60. The molecule has 1 aliphatic carbocycles. The van der Waals surface area contributed by atoms with Gasteiger partial charge in [-0.05, 0) is 37.0 Å². The summed E-state index contributed by atoms with van der Waals surface area (Å²) in [5.74, 6) is 0.202. The molecule has 0 atom stereocenters. The summed E-state index contributed by atoms with van der Waals surface area (Å²) in [7, 11) is 1.89. The summed E-state index contributed by atoms with van der Waals surface area (Å²) >= 11 is 3.56. The number of hydrogen-bond acceptors (Lipinski definition) is 3. The van der Waals surface area contributed by atoms with Crippen molar-refractivity contribution < 1.29 is 4.79 Å². The number of nitrogens with zero attached hydrogens (tertiary/aromatic N) is 2. The zero-order valence-electron chi connectivity index (χ0n) is 12.4. The van der Waals surface area contributed by atoms with Crippen LogP contribution in [-0.2, 0) is 11.3 Å². The highest BCUT2D eigenvalue weighted by Gasteiger charge is 2.23. The lowest BCUT2D eigenvalue weighted by molar-refractivity contribution is -0.127. The highest BCUT2D eigenvalue weighted by Crippen LogP contribution is 2.28. The number of hydrogen-bond donors (Lipinski definition) is 1. The van der Waals surface area contributed by atoms with Crippen molar-refractivity contribution in [3.8, 4) is 0 Å². The summed E-state index contributed by atoms with van der Waals surface area (Å²) < 4.78 is 1.07. The molecule has 0 aromatic heterocycles. The van der Waals surface area contributed by atoms with Gasteiger partial charge in [-0.3, -0.25) is 4.79 Å². The van der Waals surface area contributed by atoms with E-state index in [4.69, 9.17) is 0 Å². The van der Waals surface area contributed by atoms with Crippen LogP contribution >= 0.6 is 15.9 Å². The van der Waals surface area contributed by atoms with Gasteiger partial charge in [-0.2, -0.15) is 0 Å². The molecule has 0 unspecified atom stereocenters. The third-order valence-corrected chi connectivity index (χ3v) is 4.71. The van der Waals surface area contributed by atoms with Gasteiger partial charge in [-0.1, -0.05) is 22.0 Å². The van der Waals surface area contributed by atoms with Crippen molar-refractivity contribution in [3.63, 3.8) is 0 Å². The van der Waals surface area contributed by atoms with Crippen LogP contribution in [0.1, 0.15) is 24.8 Å². The predicted octanol–water partition coefficient (Wildman–Crippen LogP) is 2.37. The molecule has 1 saturated carbocycles. The zero-order valence-corrected chi connectivity index (χ0v) is 14.0. The first-order valence-corrected chi connectivity index (χ1v) is 8.43. The molecule has 0 spiro atoms. The van der Waals surface area contributed by atoms with E-state index in [0.29, 0.717) is 12.6 Å². The van der Waals surface area contributed by atoms with Gasteiger partial charge in [0.25, 0.3) is 0 Å². The summed E-state index contributed by atoms with van der Waals surface area (Å²) in [4.78, 5) is 16.2. The molecule has 1 heterocycles. The molecule has 3 rings (SSSR count). The van der Waals surface area contributed by atoms with E-state index in [0.717, 1.165) is 30.5 Å². The van der Waals surface area contributed by atoms with Crippen LogP contribution in [0.2, 0.25) is 0 Å². The second-order valence-electron chi connectivity index (χ2n) is 6.02. The second kappa shape index (κ2) is 6.36. The van der Waals surface area contributed by atoms with Gasteiger partial charge in [-0.15, -0.1) is 0 Å². The molecule has 21 heavy (non-hydrogen) atoms. The highest BCUT2D eigenvalue weighted by molar-refractivity contribution is 9.10. The van der Waals surface area contributed by atoms with Gasteiger partial charge >= 0.3 is 0 Å². The molecule has 1 saturated heterocycles. The molecule has 1 aromatic carbocycles. The number of amides is 1. The van der Waals surface area contributed by atoms with Crippen LogP contribution < -0.4 is 10.2 Å². The van der Waals surface area contributed by atoms with E-state index in [2.05, 4.69) is 44.3 Å². The van der Waals surface area contributed by atoms with Gasteiger partial charge < -0.3 is 15.1 Å². The first-order valence-electron chi connectivity index (χ1n) is 7.64. The molecule has 1 amide bonds. The fourth-order valence-corrected chi connectivity index (χ4v) is 3.06. The van der Waals surface area contributed by atoms with Crippen LogP contribution in [0.25, 0.3) is 0 Å². The SMILES string of the molecule is CN1CCCN(c2cc(Br)ccc2CNC2CC2)CC1=O. The highest BCUT2D eigenvalue weighted by atomic mass is 79.9. The fraction of sp³-hybridized carbons (Fsp3) is 0.562. The van der Waals surface area contributed by atoms with E-state index in [1.54, 1.807) is 0 Å². The summed E-state index contributed by atoms with van der Waals surface area (Å²) in [5, 5.41) is 3.57. The van der Waals surface area contributed by atoms with E-state index < -0.39 is 0 Å². The molecule has 1 aromatic rings. The molecular weight excluding hydrogens is 330 g/mol. The Bertz CT molecular complexity index is 530. The Balaban J connectivity index is 1.80. The number of rotatable bonds is 4. The van der Waals surface area contributed by atoms with Crippen molar-refractivity contribution in [1.82, 2.24) is 10.2 Å². The quantitative estimate of drug-likeness (QED) is 0.904. The Kier molecular flexibility index (Phi) is 4.50. The maximum atomic E-state index is 12.1. The largest absolute Gasteiger partial charge is 0.362 e. The maximum Gasteiger partial charge on any atom is 0.241 e. The third kappa shape index (κ3) is 3.77. The van der Waals surface area contributed by atoms with Crippen molar-refractivity contribution >= 4 is 27.5 Å². The molecule has 5 heteroatoms. The number of anilines is 1. The lowest BCUT2D eigenvalue weighted by atomic mass is 10.1. The average Bonchev–Trinajstić information content (AvgIpc) is 3.28. The molecule has 0 radical (unpaired) electrons. The van der Waals surface area contributed by atoms with Crippen LogP contribution in [-0.4, -0.2) is 43.5 Å². The number of halogens is 1. The lowest BCUT2D eigenvalue weighted by Crippen LogP contribution is -2.35. The lowest BCUT2D eigenvalue weighted by Gasteiger charge is -2.25. The average molecular weight is 352 g/mol. The van der Waals surface area contributed by atoms with Gasteiger partial charge in [-0.25, -0.2) is 0 Å². The van der Waals surface area contributed by atoms with Gasteiger partial charge in [0.2, 0.25) is 5.91 Å². The second-order valence-corrected chi connectivity index (χ2v) is 6.93. The maximum absolute atomic E-state index is 12.1. The van der Waals surface area contributed by atoms with E-state index in [1.165, 1.54) is 24.1 Å². The Morgan fingerprint density at radius 3 is 2.90 bits per heavy atom. The molecule has 1 aliphatic heterocycles. The molecule has 1 N–H and O–H groups in total. The van der Waals surface area contributed by atoms with Crippen LogP contribution in [0.5, 0.6) is 0 Å². The number of nitrogens with one attached hydrogen (secondary N) is 1. The standard InChI is InChI=1S/C16H22BrN3O/c1-19-7-2-8-20(11-16(19)21)15-9-13(17)4-3-12(15)10-18-14-5-6-14/h3-4,9,14,18H,2,5-8,10-11H2,1H3. The summed E-state index contributed by atoms with van der Waals surface area (Å²) in [6, 6.07) is 7.08. The smallest absolute Gasteiger partial charge is 0.241 e. The normalized spacial score (nSPS) is 19.8. The minimum absolute atomic E-state index is 0.202. The van der Waals surface area contributed by atoms with Crippen LogP contribution in [0, 0.1) is 0 Å². The Morgan fingerprint density at radius 1 is 1.33 bits per heavy atom. The Hall–Kier alpha value is -1.07. The summed E-state index contributed by atoms with van der Waals surface area (Å²) in [6.45, 7) is 3.14. The van der Waals surface area contributed by atoms with Gasteiger partial charge in [0, 0.05) is 42.9 Å². The van der Waals surface area contributed by atoms with Crippen molar-refractivity contribution in [1.29, 1.82) is 0 Å². The zero-order chi connectivity index (χ0) is 14.8. The van der Waals surface area contributed by atoms with Crippen LogP contribution in [0.4, 0.5) is 5.69 Å². The van der Waals surface area contributed by atoms with E-state index in [1.807, 2.05) is 11.9 Å². The first kappa shape index (κ1) is 14.9. The number of likely N-dealkylation sites (N-methyl/N-ethyl adjacent to an activating group) is 1. The minimum Gasteiger partial charge on any atom is -0.362 e. The van der Waals surface area contributed by atoms with E-state index >= 15 is 0 Å². The fourth-order valence-electron chi connectivity index (χ4n) is 2.71. The Morgan fingerprint density at radius 2 is 2.14 bits per heavy atom. The molecule has 114 valence electrons.